The summed E-state index contributed by atoms with van der Waals surface area (Å²) in [5.41, 5.74) is -0.0193. The van der Waals surface area contributed by atoms with Gasteiger partial charge in [-0.2, -0.15) is 0 Å². The summed E-state index contributed by atoms with van der Waals surface area (Å²) in [6, 6.07) is 1.86. The van der Waals surface area contributed by atoms with Crippen molar-refractivity contribution in [2.24, 2.45) is 0 Å². The van der Waals surface area contributed by atoms with Crippen LogP contribution in [-0.2, 0) is 14.6 Å². The Morgan fingerprint density at radius 1 is 1.43 bits per heavy atom. The van der Waals surface area contributed by atoms with Gasteiger partial charge in [0.15, 0.2) is 9.84 Å². The van der Waals surface area contributed by atoms with Gasteiger partial charge in [0.2, 0.25) is 0 Å². The van der Waals surface area contributed by atoms with E-state index in [1.165, 1.54) is 20.1 Å². The molecule has 0 bridgehead atoms. The van der Waals surface area contributed by atoms with Crippen molar-refractivity contribution in [1.82, 2.24) is 5.32 Å². The number of hydrogen-bond donors (Lipinski definition) is 3. The lowest BCUT2D eigenvalue weighted by Gasteiger charge is -2.17. The average molecular weight is 348 g/mol. The van der Waals surface area contributed by atoms with Gasteiger partial charge in [0.25, 0.3) is 0 Å². The van der Waals surface area contributed by atoms with Crippen LogP contribution in [-0.4, -0.2) is 51.7 Å². The lowest BCUT2D eigenvalue weighted by atomic mass is 10.2. The van der Waals surface area contributed by atoms with Gasteiger partial charge in [-0.15, -0.1) is 0 Å². The Bertz CT molecular complexity index is 636. The van der Waals surface area contributed by atoms with Gasteiger partial charge in [0.1, 0.15) is 5.82 Å². The molecule has 0 aliphatic carbocycles. The van der Waals surface area contributed by atoms with Crippen LogP contribution in [0.4, 0.5) is 14.9 Å². The lowest BCUT2D eigenvalue weighted by molar-refractivity contribution is 0.161. The number of urea groups is 1. The molecule has 0 saturated carbocycles. The van der Waals surface area contributed by atoms with E-state index < -0.39 is 27.7 Å². The number of halogens is 1. The zero-order valence-electron chi connectivity index (χ0n) is 13.0. The third kappa shape index (κ3) is 5.77. The number of rotatable bonds is 8. The van der Waals surface area contributed by atoms with E-state index in [9.17, 15) is 22.7 Å². The van der Waals surface area contributed by atoms with Crippen molar-refractivity contribution in [1.29, 1.82) is 0 Å². The summed E-state index contributed by atoms with van der Waals surface area (Å²) >= 11 is 0. The number of sulfone groups is 1. The maximum atomic E-state index is 13.3. The summed E-state index contributed by atoms with van der Waals surface area (Å²) in [5, 5.41) is 14.0. The number of carbonyl (C=O) groups is 1. The predicted octanol–water partition coefficient (Wildman–Crippen LogP) is 1.14. The second kappa shape index (κ2) is 8.80. The van der Waals surface area contributed by atoms with Crippen molar-refractivity contribution in [3.63, 3.8) is 0 Å². The number of aliphatic hydroxyl groups is 1. The fourth-order valence-electron chi connectivity index (χ4n) is 1.83. The van der Waals surface area contributed by atoms with Crippen LogP contribution in [0.1, 0.15) is 13.3 Å². The minimum absolute atomic E-state index is 0.0193. The third-order valence-electron chi connectivity index (χ3n) is 3.13. The van der Waals surface area contributed by atoms with E-state index >= 15 is 0 Å². The van der Waals surface area contributed by atoms with E-state index in [0.29, 0.717) is 13.0 Å². The monoisotopic (exact) mass is 348 g/mol. The summed E-state index contributed by atoms with van der Waals surface area (Å²) in [5.74, 6) is -0.934. The SMILES string of the molecule is CCS(=O)(=O)c1cc(F)ccc1NC(=O)NC(CO)CCOC. The van der Waals surface area contributed by atoms with E-state index in [2.05, 4.69) is 10.6 Å². The van der Waals surface area contributed by atoms with Crippen molar-refractivity contribution in [3.05, 3.63) is 24.0 Å². The van der Waals surface area contributed by atoms with Gasteiger partial charge in [-0.1, -0.05) is 6.92 Å². The van der Waals surface area contributed by atoms with Crippen molar-refractivity contribution >= 4 is 21.6 Å². The molecule has 23 heavy (non-hydrogen) atoms. The maximum Gasteiger partial charge on any atom is 0.319 e. The van der Waals surface area contributed by atoms with Crippen LogP contribution in [0.25, 0.3) is 0 Å². The van der Waals surface area contributed by atoms with Crippen LogP contribution in [0.2, 0.25) is 0 Å². The molecule has 0 heterocycles. The quantitative estimate of drug-likeness (QED) is 0.653. The molecule has 0 aliphatic rings. The zero-order valence-corrected chi connectivity index (χ0v) is 13.8. The molecule has 1 aromatic rings. The Morgan fingerprint density at radius 3 is 2.70 bits per heavy atom. The van der Waals surface area contributed by atoms with Gasteiger partial charge >= 0.3 is 6.03 Å². The standard InChI is InChI=1S/C14H21FN2O5S/c1-3-23(20,21)13-8-10(15)4-5-12(13)17-14(19)16-11(9-18)6-7-22-2/h4-5,8,11,18H,3,6-7,9H2,1-2H3,(H2,16,17,19). The predicted molar refractivity (Wildman–Crippen MR) is 83.6 cm³/mol. The highest BCUT2D eigenvalue weighted by Crippen LogP contribution is 2.23. The highest BCUT2D eigenvalue weighted by atomic mass is 32.2. The number of nitrogens with one attached hydrogen (secondary N) is 2. The molecule has 3 N–H and O–H groups in total. The molecule has 9 heteroatoms. The van der Waals surface area contributed by atoms with Crippen molar-refractivity contribution in [3.8, 4) is 0 Å². The van der Waals surface area contributed by atoms with Gasteiger partial charge in [-0.05, 0) is 24.6 Å². The molecule has 1 aromatic carbocycles. The second-order valence-electron chi connectivity index (χ2n) is 4.80. The first kappa shape index (κ1) is 19.3. The Kier molecular flexibility index (Phi) is 7.40. The molecular formula is C14H21FN2O5S. The second-order valence-corrected chi connectivity index (χ2v) is 7.05. The van der Waals surface area contributed by atoms with Crippen LogP contribution in [0, 0.1) is 5.82 Å². The molecule has 0 spiro atoms. The molecule has 0 aromatic heterocycles. The van der Waals surface area contributed by atoms with E-state index in [4.69, 9.17) is 4.74 Å². The number of carbonyl (C=O) groups excluding carboxylic acids is 1. The highest BCUT2D eigenvalue weighted by molar-refractivity contribution is 7.91. The highest BCUT2D eigenvalue weighted by Gasteiger charge is 2.20. The molecule has 130 valence electrons. The molecule has 1 atom stereocenters. The van der Waals surface area contributed by atoms with Gasteiger partial charge < -0.3 is 20.5 Å². The molecule has 2 amide bonds. The summed E-state index contributed by atoms with van der Waals surface area (Å²) in [6.45, 7) is 1.48. The smallest absolute Gasteiger partial charge is 0.319 e. The first-order valence-electron chi connectivity index (χ1n) is 7.03. The number of amides is 2. The van der Waals surface area contributed by atoms with Crippen molar-refractivity contribution in [2.45, 2.75) is 24.3 Å². The topological polar surface area (TPSA) is 105 Å². The summed E-state index contributed by atoms with van der Waals surface area (Å²) in [6.07, 6.45) is 0.393. The van der Waals surface area contributed by atoms with Gasteiger partial charge in [-0.3, -0.25) is 0 Å². The molecule has 0 fully saturated rings. The summed E-state index contributed by atoms with van der Waals surface area (Å²) < 4.78 is 42.1. The third-order valence-corrected chi connectivity index (χ3v) is 4.90. The van der Waals surface area contributed by atoms with Crippen molar-refractivity contribution in [2.75, 3.05) is 31.4 Å². The Hall–Kier alpha value is -1.71. The van der Waals surface area contributed by atoms with Crippen LogP contribution < -0.4 is 10.6 Å². The minimum Gasteiger partial charge on any atom is -0.394 e. The molecule has 7 nitrogen and oxygen atoms in total. The molecule has 0 radical (unpaired) electrons. The van der Waals surface area contributed by atoms with Crippen LogP contribution in [0.3, 0.4) is 0 Å². The van der Waals surface area contributed by atoms with E-state index in [1.807, 2.05) is 0 Å². The number of benzene rings is 1. The zero-order chi connectivity index (χ0) is 17.5. The maximum absolute atomic E-state index is 13.3. The molecule has 1 unspecified atom stereocenters. The molecule has 1 rings (SSSR count). The van der Waals surface area contributed by atoms with Crippen LogP contribution >= 0.6 is 0 Å². The Balaban J connectivity index is 2.90. The largest absolute Gasteiger partial charge is 0.394 e. The first-order valence-corrected chi connectivity index (χ1v) is 8.68. The van der Waals surface area contributed by atoms with Crippen molar-refractivity contribution < 1.29 is 27.4 Å². The fourth-order valence-corrected chi connectivity index (χ4v) is 2.88. The molecule has 0 aliphatic heterocycles. The van der Waals surface area contributed by atoms with Gasteiger partial charge in [-0.25, -0.2) is 17.6 Å². The summed E-state index contributed by atoms with van der Waals surface area (Å²) in [7, 11) is -2.20. The number of ether oxygens (including phenoxy) is 1. The van der Waals surface area contributed by atoms with Crippen LogP contribution in [0.5, 0.6) is 0 Å². The van der Waals surface area contributed by atoms with Gasteiger partial charge in [0, 0.05) is 13.7 Å². The fraction of sp³-hybridized carbons (Fsp3) is 0.500. The first-order chi connectivity index (χ1) is 10.8. The van der Waals surface area contributed by atoms with E-state index in [0.717, 1.165) is 12.1 Å². The Morgan fingerprint density at radius 2 is 2.13 bits per heavy atom. The normalized spacial score (nSPS) is 12.7. The minimum atomic E-state index is -3.70. The van der Waals surface area contributed by atoms with E-state index in [1.54, 1.807) is 0 Å². The lowest BCUT2D eigenvalue weighted by Crippen LogP contribution is -2.41. The Labute approximate surface area is 134 Å². The number of hydrogen-bond acceptors (Lipinski definition) is 5. The molecule has 0 saturated heterocycles. The molecular weight excluding hydrogens is 327 g/mol. The van der Waals surface area contributed by atoms with Gasteiger partial charge in [0.05, 0.1) is 29.0 Å². The average Bonchev–Trinajstić information content (AvgIpc) is 2.52. The van der Waals surface area contributed by atoms with E-state index in [-0.39, 0.29) is 22.9 Å². The number of anilines is 1. The number of aliphatic hydroxyl groups excluding tert-OH is 1. The van der Waals surface area contributed by atoms with Crippen LogP contribution in [0.15, 0.2) is 23.1 Å². The number of methoxy groups -OCH3 is 1. The summed E-state index contributed by atoms with van der Waals surface area (Å²) in [4.78, 5) is 11.6.